The monoisotopic (exact) mass is 390 g/mol. The number of carbonyl (C=O) groups is 1. The number of hydrogen-bond acceptors (Lipinski definition) is 5. The van der Waals surface area contributed by atoms with E-state index in [0.717, 1.165) is 31.4 Å². The standard InChI is InChI=1S/C22H22N4OS/c1-15(21(27)24-18-8-4-6-16(12-18)13-23)26-11-5-7-17(14-26)22-25-19-9-2-3-10-20(19)28-22/h2-4,6,8-10,12,15,17H,5,7,11,14H2,1H3,(H,24,27)/t15-,17-/m0/s1. The van der Waals surface area contributed by atoms with Crippen LogP contribution in [0.2, 0.25) is 0 Å². The molecule has 6 heteroatoms. The zero-order valence-corrected chi connectivity index (χ0v) is 16.6. The first-order valence-corrected chi connectivity index (χ1v) is 10.4. The van der Waals surface area contributed by atoms with E-state index in [1.165, 1.54) is 9.71 Å². The van der Waals surface area contributed by atoms with Crippen molar-refractivity contribution in [2.75, 3.05) is 18.4 Å². The minimum Gasteiger partial charge on any atom is -0.325 e. The predicted octanol–water partition coefficient (Wildman–Crippen LogP) is 4.37. The molecule has 0 aliphatic carbocycles. The van der Waals surface area contributed by atoms with Crippen molar-refractivity contribution in [1.29, 1.82) is 5.26 Å². The predicted molar refractivity (Wildman–Crippen MR) is 112 cm³/mol. The Bertz CT molecular complexity index is 1010. The number of piperidine rings is 1. The Hall–Kier alpha value is -2.75. The number of anilines is 1. The molecule has 2 heterocycles. The van der Waals surface area contributed by atoms with Crippen LogP contribution in [0.4, 0.5) is 5.69 Å². The highest BCUT2D eigenvalue weighted by Crippen LogP contribution is 2.33. The van der Waals surface area contributed by atoms with Crippen LogP contribution in [0.1, 0.15) is 36.3 Å². The third kappa shape index (κ3) is 3.91. The average molecular weight is 391 g/mol. The van der Waals surface area contributed by atoms with Gasteiger partial charge in [0.1, 0.15) is 0 Å². The van der Waals surface area contributed by atoms with Gasteiger partial charge >= 0.3 is 0 Å². The molecule has 0 radical (unpaired) electrons. The average Bonchev–Trinajstić information content (AvgIpc) is 3.18. The number of nitrogens with one attached hydrogen (secondary N) is 1. The zero-order valence-electron chi connectivity index (χ0n) is 15.8. The largest absolute Gasteiger partial charge is 0.325 e. The molecule has 2 aromatic carbocycles. The molecule has 0 unspecified atom stereocenters. The first-order chi connectivity index (χ1) is 13.6. The molecule has 5 nitrogen and oxygen atoms in total. The maximum Gasteiger partial charge on any atom is 0.241 e. The van der Waals surface area contributed by atoms with Gasteiger partial charge in [-0.1, -0.05) is 18.2 Å². The molecular weight excluding hydrogens is 368 g/mol. The summed E-state index contributed by atoms with van der Waals surface area (Å²) in [6.07, 6.45) is 2.16. The number of likely N-dealkylation sites (tertiary alicyclic amines) is 1. The van der Waals surface area contributed by atoms with Gasteiger partial charge in [0.15, 0.2) is 0 Å². The molecule has 4 rings (SSSR count). The van der Waals surface area contributed by atoms with Crippen molar-refractivity contribution in [1.82, 2.24) is 9.88 Å². The highest BCUT2D eigenvalue weighted by molar-refractivity contribution is 7.18. The number of nitriles is 1. The minimum absolute atomic E-state index is 0.0416. The van der Waals surface area contributed by atoms with Gasteiger partial charge in [0.25, 0.3) is 0 Å². The molecule has 1 aliphatic heterocycles. The van der Waals surface area contributed by atoms with Gasteiger partial charge in [-0.15, -0.1) is 11.3 Å². The number of para-hydroxylation sites is 1. The van der Waals surface area contributed by atoms with Gasteiger partial charge in [0, 0.05) is 18.2 Å². The second-order valence-electron chi connectivity index (χ2n) is 7.21. The number of thiazole rings is 1. The third-order valence-electron chi connectivity index (χ3n) is 5.30. The molecule has 2 atom stereocenters. The highest BCUT2D eigenvalue weighted by Gasteiger charge is 2.29. The lowest BCUT2D eigenvalue weighted by Gasteiger charge is -2.35. The fourth-order valence-electron chi connectivity index (χ4n) is 3.70. The van der Waals surface area contributed by atoms with Gasteiger partial charge in [-0.2, -0.15) is 5.26 Å². The van der Waals surface area contributed by atoms with Crippen molar-refractivity contribution in [3.63, 3.8) is 0 Å². The first kappa shape index (κ1) is 18.6. The number of hydrogen-bond donors (Lipinski definition) is 1. The Morgan fingerprint density at radius 1 is 1.32 bits per heavy atom. The van der Waals surface area contributed by atoms with Crippen LogP contribution in [0.15, 0.2) is 48.5 Å². The van der Waals surface area contributed by atoms with Crippen LogP contribution in [-0.2, 0) is 4.79 Å². The molecule has 1 saturated heterocycles. The van der Waals surface area contributed by atoms with E-state index >= 15 is 0 Å². The van der Waals surface area contributed by atoms with Crippen molar-refractivity contribution < 1.29 is 4.79 Å². The van der Waals surface area contributed by atoms with Gasteiger partial charge in [-0.3, -0.25) is 9.69 Å². The number of rotatable bonds is 4. The van der Waals surface area contributed by atoms with Crippen LogP contribution in [0.3, 0.4) is 0 Å². The van der Waals surface area contributed by atoms with Gasteiger partial charge in [0.2, 0.25) is 5.91 Å². The molecule has 1 amide bonds. The zero-order chi connectivity index (χ0) is 19.5. The van der Waals surface area contributed by atoms with E-state index in [0.29, 0.717) is 17.2 Å². The van der Waals surface area contributed by atoms with E-state index in [1.807, 2.05) is 25.1 Å². The normalized spacial score (nSPS) is 18.5. The van der Waals surface area contributed by atoms with E-state index in [-0.39, 0.29) is 11.9 Å². The van der Waals surface area contributed by atoms with Crippen LogP contribution in [-0.4, -0.2) is 34.9 Å². The van der Waals surface area contributed by atoms with Gasteiger partial charge < -0.3 is 5.32 Å². The number of fused-ring (bicyclic) bond motifs is 1. The number of benzene rings is 2. The fourth-order valence-corrected chi connectivity index (χ4v) is 4.80. The van der Waals surface area contributed by atoms with Crippen LogP contribution < -0.4 is 5.32 Å². The van der Waals surface area contributed by atoms with E-state index in [4.69, 9.17) is 10.2 Å². The summed E-state index contributed by atoms with van der Waals surface area (Å²) in [5, 5.41) is 13.1. The Morgan fingerprint density at radius 2 is 2.18 bits per heavy atom. The molecule has 1 N–H and O–H groups in total. The van der Waals surface area contributed by atoms with Crippen LogP contribution in [0.5, 0.6) is 0 Å². The van der Waals surface area contributed by atoms with Gasteiger partial charge in [-0.25, -0.2) is 4.98 Å². The van der Waals surface area contributed by atoms with E-state index < -0.39 is 0 Å². The molecule has 1 fully saturated rings. The summed E-state index contributed by atoms with van der Waals surface area (Å²) in [5.41, 5.74) is 2.26. The molecule has 28 heavy (non-hydrogen) atoms. The first-order valence-electron chi connectivity index (χ1n) is 9.54. The van der Waals surface area contributed by atoms with Gasteiger partial charge in [0.05, 0.1) is 32.9 Å². The molecule has 3 aromatic rings. The second kappa shape index (κ2) is 8.09. The summed E-state index contributed by atoms with van der Waals surface area (Å²) >= 11 is 1.76. The van der Waals surface area contributed by atoms with Crippen molar-refractivity contribution in [2.45, 2.75) is 31.7 Å². The number of nitrogens with zero attached hydrogens (tertiary/aromatic N) is 3. The number of aromatic nitrogens is 1. The highest BCUT2D eigenvalue weighted by atomic mass is 32.1. The molecule has 1 aromatic heterocycles. The van der Waals surface area contributed by atoms with E-state index in [9.17, 15) is 4.79 Å². The fraction of sp³-hybridized carbons (Fsp3) is 0.318. The Kier molecular flexibility index (Phi) is 5.38. The molecule has 0 bridgehead atoms. The van der Waals surface area contributed by atoms with E-state index in [1.54, 1.807) is 29.5 Å². The van der Waals surface area contributed by atoms with E-state index in [2.05, 4.69) is 28.4 Å². The Morgan fingerprint density at radius 3 is 3.00 bits per heavy atom. The lowest BCUT2D eigenvalue weighted by atomic mass is 9.97. The molecule has 0 spiro atoms. The topological polar surface area (TPSA) is 69.0 Å². The van der Waals surface area contributed by atoms with Crippen LogP contribution >= 0.6 is 11.3 Å². The van der Waals surface area contributed by atoms with Crippen molar-refractivity contribution in [2.24, 2.45) is 0 Å². The second-order valence-corrected chi connectivity index (χ2v) is 8.27. The molecular formula is C22H22N4OS. The van der Waals surface area contributed by atoms with Gasteiger partial charge in [-0.05, 0) is 56.6 Å². The molecule has 1 aliphatic rings. The van der Waals surface area contributed by atoms with Crippen molar-refractivity contribution in [3.8, 4) is 6.07 Å². The molecule has 142 valence electrons. The molecule has 0 saturated carbocycles. The van der Waals surface area contributed by atoms with Crippen molar-refractivity contribution in [3.05, 3.63) is 59.1 Å². The maximum atomic E-state index is 12.7. The maximum absolute atomic E-state index is 12.7. The lowest BCUT2D eigenvalue weighted by Crippen LogP contribution is -2.46. The summed E-state index contributed by atoms with van der Waals surface area (Å²) in [5.74, 6) is 0.323. The number of amides is 1. The summed E-state index contributed by atoms with van der Waals surface area (Å²) < 4.78 is 1.22. The van der Waals surface area contributed by atoms with Crippen molar-refractivity contribution >= 4 is 33.1 Å². The van der Waals surface area contributed by atoms with Crippen LogP contribution in [0.25, 0.3) is 10.2 Å². The smallest absolute Gasteiger partial charge is 0.241 e. The Labute approximate surface area is 168 Å². The summed E-state index contributed by atoms with van der Waals surface area (Å²) in [7, 11) is 0. The SMILES string of the molecule is C[C@@H](C(=O)Nc1cccc(C#N)c1)N1CCC[C@H](c2nc3ccccc3s2)C1. The number of carbonyl (C=O) groups excluding carboxylic acids is 1. The summed E-state index contributed by atoms with van der Waals surface area (Å²) in [6, 6.07) is 17.1. The third-order valence-corrected chi connectivity index (χ3v) is 6.50. The lowest BCUT2D eigenvalue weighted by molar-refractivity contribution is -0.121. The Balaban J connectivity index is 1.44. The summed E-state index contributed by atoms with van der Waals surface area (Å²) in [4.78, 5) is 19.8. The van der Waals surface area contributed by atoms with Crippen LogP contribution in [0, 0.1) is 11.3 Å². The quantitative estimate of drug-likeness (QED) is 0.718. The minimum atomic E-state index is -0.233. The summed E-state index contributed by atoms with van der Waals surface area (Å²) in [6.45, 7) is 3.70.